The molecule has 0 radical (unpaired) electrons. The summed E-state index contributed by atoms with van der Waals surface area (Å²) in [5.74, 6) is 0. The number of nitrogen functional groups attached to an aromatic ring is 1. The number of rotatable bonds is 5. The van der Waals surface area contributed by atoms with Gasteiger partial charge in [0.25, 0.3) is 10.1 Å². The summed E-state index contributed by atoms with van der Waals surface area (Å²) >= 11 is 0. The van der Waals surface area contributed by atoms with Crippen molar-refractivity contribution in [3.63, 3.8) is 0 Å². The fraction of sp³-hybridized carbons (Fsp3) is 0.250. The largest absolute Gasteiger partial charge is 0.399 e. The van der Waals surface area contributed by atoms with E-state index >= 15 is 0 Å². The van der Waals surface area contributed by atoms with Gasteiger partial charge >= 0.3 is 10.4 Å². The highest BCUT2D eigenvalue weighted by molar-refractivity contribution is 7.86. The van der Waals surface area contributed by atoms with E-state index in [0.29, 0.717) is 0 Å². The molecule has 18 heavy (non-hydrogen) atoms. The van der Waals surface area contributed by atoms with Crippen molar-refractivity contribution in [2.45, 2.75) is 5.25 Å². The Morgan fingerprint density at radius 3 is 2.28 bits per heavy atom. The lowest BCUT2D eigenvalue weighted by molar-refractivity contribution is 0.264. The topological polar surface area (TPSA) is 144 Å². The first-order valence-corrected chi connectivity index (χ1v) is 7.40. The zero-order chi connectivity index (χ0) is 14.0. The standard InChI is InChI=1S/C8H11NO7S2/c9-7-3-1-2-6(4-7)8(17(10,11)12)5-16-18(13,14)15/h1-4,8H,5,9H2,(H,10,11,12)(H,13,14,15). The highest BCUT2D eigenvalue weighted by atomic mass is 32.3. The van der Waals surface area contributed by atoms with Gasteiger partial charge in [0.05, 0.1) is 6.61 Å². The van der Waals surface area contributed by atoms with Crippen LogP contribution in [0.25, 0.3) is 0 Å². The van der Waals surface area contributed by atoms with Gasteiger partial charge in [0.2, 0.25) is 0 Å². The van der Waals surface area contributed by atoms with Crippen molar-refractivity contribution >= 4 is 26.2 Å². The fourth-order valence-corrected chi connectivity index (χ4v) is 2.39. The molecule has 0 bridgehead atoms. The van der Waals surface area contributed by atoms with Gasteiger partial charge in [0.15, 0.2) is 0 Å². The van der Waals surface area contributed by atoms with Crippen molar-refractivity contribution in [2.24, 2.45) is 0 Å². The summed E-state index contributed by atoms with van der Waals surface area (Å²) in [7, 11) is -9.42. The molecule has 1 unspecified atom stereocenters. The predicted octanol–water partition coefficient (Wildman–Crippen LogP) is 0.0171. The number of hydrogen-bond donors (Lipinski definition) is 3. The minimum Gasteiger partial charge on any atom is -0.399 e. The summed E-state index contributed by atoms with van der Waals surface area (Å²) in [6.45, 7) is -0.957. The van der Waals surface area contributed by atoms with Crippen molar-refractivity contribution in [2.75, 3.05) is 12.3 Å². The van der Waals surface area contributed by atoms with E-state index in [4.69, 9.17) is 14.8 Å². The SMILES string of the molecule is Nc1cccc(C(COS(=O)(=O)O)S(=O)(=O)O)c1. The first kappa shape index (κ1) is 14.9. The Kier molecular flexibility index (Phi) is 4.29. The monoisotopic (exact) mass is 297 g/mol. The molecule has 4 N–H and O–H groups in total. The molecule has 8 nitrogen and oxygen atoms in total. The van der Waals surface area contributed by atoms with Gasteiger partial charge in [-0.05, 0) is 17.7 Å². The summed E-state index contributed by atoms with van der Waals surface area (Å²) in [6, 6.07) is 5.47. The Labute approximate surface area is 104 Å². The van der Waals surface area contributed by atoms with Gasteiger partial charge in [0.1, 0.15) is 5.25 Å². The van der Waals surface area contributed by atoms with Crippen LogP contribution in [-0.4, -0.2) is 32.5 Å². The molecule has 1 aromatic carbocycles. The summed E-state index contributed by atoms with van der Waals surface area (Å²) in [4.78, 5) is 0. The normalized spacial score (nSPS) is 14.3. The summed E-state index contributed by atoms with van der Waals surface area (Å²) in [5, 5.41) is -1.66. The quantitative estimate of drug-likeness (QED) is 0.509. The van der Waals surface area contributed by atoms with Crippen LogP contribution in [0.3, 0.4) is 0 Å². The van der Waals surface area contributed by atoms with Gasteiger partial charge in [-0.2, -0.15) is 16.8 Å². The predicted molar refractivity (Wildman–Crippen MR) is 62.6 cm³/mol. The van der Waals surface area contributed by atoms with Crippen molar-refractivity contribution in [1.82, 2.24) is 0 Å². The van der Waals surface area contributed by atoms with Crippen LogP contribution >= 0.6 is 0 Å². The number of nitrogens with two attached hydrogens (primary N) is 1. The second-order valence-electron chi connectivity index (χ2n) is 3.39. The molecule has 1 atom stereocenters. The van der Waals surface area contributed by atoms with Gasteiger partial charge in [-0.3, -0.25) is 9.11 Å². The third kappa shape index (κ3) is 4.58. The summed E-state index contributed by atoms with van der Waals surface area (Å²) < 4.78 is 64.4. The van der Waals surface area contributed by atoms with Crippen molar-refractivity contribution < 1.29 is 30.1 Å². The van der Waals surface area contributed by atoms with Crippen molar-refractivity contribution in [1.29, 1.82) is 0 Å². The molecule has 1 rings (SSSR count). The average molecular weight is 297 g/mol. The Bertz CT molecular complexity index is 623. The van der Waals surface area contributed by atoms with Crippen LogP contribution in [-0.2, 0) is 24.7 Å². The zero-order valence-electron chi connectivity index (χ0n) is 8.92. The number of hydrogen-bond acceptors (Lipinski definition) is 6. The van der Waals surface area contributed by atoms with Crippen LogP contribution in [0.4, 0.5) is 5.69 Å². The van der Waals surface area contributed by atoms with Gasteiger partial charge in [0, 0.05) is 5.69 Å². The highest BCUT2D eigenvalue weighted by Crippen LogP contribution is 2.24. The van der Waals surface area contributed by atoms with Crippen molar-refractivity contribution in [3.8, 4) is 0 Å². The third-order valence-electron chi connectivity index (χ3n) is 2.01. The van der Waals surface area contributed by atoms with E-state index in [9.17, 15) is 16.8 Å². The molecule has 0 saturated heterocycles. The van der Waals surface area contributed by atoms with E-state index in [0.717, 1.165) is 0 Å². The second-order valence-corrected chi connectivity index (χ2v) is 6.08. The molecule has 10 heteroatoms. The Morgan fingerprint density at radius 2 is 1.83 bits per heavy atom. The van der Waals surface area contributed by atoms with Gasteiger partial charge in [-0.1, -0.05) is 12.1 Å². The van der Waals surface area contributed by atoms with Gasteiger partial charge in [-0.25, -0.2) is 4.18 Å². The first-order valence-electron chi connectivity index (χ1n) is 4.53. The maximum absolute atomic E-state index is 11.1. The van der Waals surface area contributed by atoms with E-state index in [-0.39, 0.29) is 11.3 Å². The first-order chi connectivity index (χ1) is 8.09. The molecule has 0 aliphatic heterocycles. The fourth-order valence-electron chi connectivity index (χ4n) is 1.26. The molecule has 102 valence electrons. The van der Waals surface area contributed by atoms with E-state index in [2.05, 4.69) is 4.18 Å². The van der Waals surface area contributed by atoms with Gasteiger partial charge in [-0.15, -0.1) is 0 Å². The Morgan fingerprint density at radius 1 is 1.22 bits per heavy atom. The lowest BCUT2D eigenvalue weighted by Gasteiger charge is -2.13. The minimum absolute atomic E-state index is 0.0427. The smallest absolute Gasteiger partial charge is 0.397 e. The van der Waals surface area contributed by atoms with Crippen LogP contribution in [0.5, 0.6) is 0 Å². The second kappa shape index (κ2) is 5.20. The number of anilines is 1. The van der Waals surface area contributed by atoms with E-state index in [1.807, 2.05) is 0 Å². The number of benzene rings is 1. The maximum atomic E-state index is 11.1. The van der Waals surface area contributed by atoms with Crippen molar-refractivity contribution in [3.05, 3.63) is 29.8 Å². The highest BCUT2D eigenvalue weighted by Gasteiger charge is 2.27. The molecule has 0 aliphatic carbocycles. The molecule has 0 spiro atoms. The lowest BCUT2D eigenvalue weighted by atomic mass is 10.1. The molecule has 0 fully saturated rings. The molecular weight excluding hydrogens is 286 g/mol. The molecule has 0 saturated carbocycles. The van der Waals surface area contributed by atoms with Crippen LogP contribution in [0.15, 0.2) is 24.3 Å². The molecule has 0 heterocycles. The summed E-state index contributed by atoms with van der Waals surface area (Å²) in [5.41, 5.74) is 5.71. The Hall–Kier alpha value is -1.20. The van der Waals surface area contributed by atoms with Crippen LogP contribution in [0, 0.1) is 0 Å². The van der Waals surface area contributed by atoms with E-state index < -0.39 is 32.4 Å². The maximum Gasteiger partial charge on any atom is 0.397 e. The molecule has 0 amide bonds. The third-order valence-corrected chi connectivity index (χ3v) is 3.57. The summed E-state index contributed by atoms with van der Waals surface area (Å²) in [6.07, 6.45) is 0. The molecule has 1 aromatic rings. The minimum atomic E-state index is -4.80. The zero-order valence-corrected chi connectivity index (χ0v) is 10.6. The van der Waals surface area contributed by atoms with E-state index in [1.165, 1.54) is 24.3 Å². The van der Waals surface area contributed by atoms with Crippen LogP contribution < -0.4 is 5.73 Å². The lowest BCUT2D eigenvalue weighted by Crippen LogP contribution is -2.20. The molecular formula is C8H11NO7S2. The molecule has 0 aromatic heterocycles. The molecule has 0 aliphatic rings. The Balaban J connectivity index is 3.08. The van der Waals surface area contributed by atoms with Gasteiger partial charge < -0.3 is 5.73 Å². The van der Waals surface area contributed by atoms with E-state index in [1.54, 1.807) is 0 Å². The van der Waals surface area contributed by atoms with Crippen LogP contribution in [0.1, 0.15) is 10.8 Å². The average Bonchev–Trinajstić information content (AvgIpc) is 2.13. The van der Waals surface area contributed by atoms with Crippen LogP contribution in [0.2, 0.25) is 0 Å².